The van der Waals surface area contributed by atoms with E-state index in [9.17, 15) is 4.79 Å². The van der Waals surface area contributed by atoms with E-state index in [2.05, 4.69) is 31.8 Å². The summed E-state index contributed by atoms with van der Waals surface area (Å²) in [7, 11) is 1.76. The predicted molar refractivity (Wildman–Crippen MR) is 92.5 cm³/mol. The molecule has 1 aromatic heterocycles. The number of fused-ring (bicyclic) bond motifs is 1. The molecule has 5 heteroatoms. The summed E-state index contributed by atoms with van der Waals surface area (Å²) in [6, 6.07) is 7.38. The van der Waals surface area contributed by atoms with Crippen molar-refractivity contribution in [2.24, 2.45) is 5.41 Å². The summed E-state index contributed by atoms with van der Waals surface area (Å²) in [5.74, 6) is -0.148. The fraction of sp³-hybridized carbons (Fsp3) is 0.368. The van der Waals surface area contributed by atoms with E-state index in [0.29, 0.717) is 11.1 Å². The molecule has 1 amide bonds. The maximum absolute atomic E-state index is 12.4. The van der Waals surface area contributed by atoms with Gasteiger partial charge in [-0.3, -0.25) is 4.79 Å². The Labute approximate surface area is 141 Å². The molecule has 0 bridgehead atoms. The lowest BCUT2D eigenvalue weighted by Gasteiger charge is -2.30. The van der Waals surface area contributed by atoms with Gasteiger partial charge in [-0.2, -0.15) is 4.98 Å². The largest absolute Gasteiger partial charge is 0.440 e. The Morgan fingerprint density at radius 1 is 1.38 bits per heavy atom. The van der Waals surface area contributed by atoms with Crippen LogP contribution in [0.5, 0.6) is 6.08 Å². The standard InChI is InChI=1S/C19H22N2O3/c1-13-9-14(11-19(2,3)10-13)21(4)17(22)12-23-18-20-15-7-5-6-8-16(15)24-18/h5-9,11H,10,12H2,1-4H3. The second-order valence-electron chi connectivity index (χ2n) is 6.91. The molecule has 24 heavy (non-hydrogen) atoms. The molecule has 0 N–H and O–H groups in total. The molecule has 1 heterocycles. The SMILES string of the molecule is CC1=CC(N(C)C(=O)COc2nc3ccccc3o2)=CC(C)(C)C1. The third kappa shape index (κ3) is 3.50. The number of nitrogens with zero attached hydrogens (tertiary/aromatic N) is 2. The van der Waals surface area contributed by atoms with E-state index in [4.69, 9.17) is 9.15 Å². The van der Waals surface area contributed by atoms with Crippen molar-refractivity contribution in [1.29, 1.82) is 0 Å². The highest BCUT2D eigenvalue weighted by Crippen LogP contribution is 2.33. The van der Waals surface area contributed by atoms with Crippen LogP contribution in [-0.4, -0.2) is 29.4 Å². The Bertz CT molecular complexity index is 797. The summed E-state index contributed by atoms with van der Waals surface area (Å²) in [6.07, 6.45) is 5.28. The van der Waals surface area contributed by atoms with Crippen LogP contribution in [0.25, 0.3) is 11.1 Å². The number of ether oxygens (including phenoxy) is 1. The second-order valence-corrected chi connectivity index (χ2v) is 6.91. The van der Waals surface area contributed by atoms with Crippen LogP contribution >= 0.6 is 0 Å². The Hall–Kier alpha value is -2.56. The molecule has 0 saturated carbocycles. The molecule has 0 atom stereocenters. The zero-order chi connectivity index (χ0) is 17.3. The van der Waals surface area contributed by atoms with E-state index in [1.807, 2.05) is 30.3 Å². The number of hydrogen-bond donors (Lipinski definition) is 0. The van der Waals surface area contributed by atoms with Gasteiger partial charge in [0.05, 0.1) is 0 Å². The Morgan fingerprint density at radius 3 is 2.83 bits per heavy atom. The first-order valence-electron chi connectivity index (χ1n) is 7.99. The molecule has 0 radical (unpaired) electrons. The molecule has 0 unspecified atom stereocenters. The minimum atomic E-state index is -0.148. The van der Waals surface area contributed by atoms with E-state index in [0.717, 1.165) is 12.1 Å². The number of allylic oxidation sites excluding steroid dienone is 3. The lowest BCUT2D eigenvalue weighted by atomic mass is 9.81. The van der Waals surface area contributed by atoms with Gasteiger partial charge in [-0.1, -0.05) is 37.6 Å². The van der Waals surface area contributed by atoms with E-state index in [-0.39, 0.29) is 24.0 Å². The first-order valence-corrected chi connectivity index (χ1v) is 7.99. The number of likely N-dealkylation sites (N-methyl/N-ethyl adjacent to an activating group) is 1. The summed E-state index contributed by atoms with van der Waals surface area (Å²) >= 11 is 0. The van der Waals surface area contributed by atoms with Crippen molar-refractivity contribution >= 4 is 17.0 Å². The quantitative estimate of drug-likeness (QED) is 0.854. The number of para-hydroxylation sites is 2. The van der Waals surface area contributed by atoms with Gasteiger partial charge in [-0.05, 0) is 37.0 Å². The van der Waals surface area contributed by atoms with Gasteiger partial charge in [0.1, 0.15) is 5.52 Å². The number of carbonyl (C=O) groups is 1. The number of aromatic nitrogens is 1. The molecule has 1 aromatic carbocycles. The fourth-order valence-corrected chi connectivity index (χ4v) is 2.99. The molecule has 1 aliphatic carbocycles. The Balaban J connectivity index is 1.67. The molecule has 0 aliphatic heterocycles. The summed E-state index contributed by atoms with van der Waals surface area (Å²) in [6.45, 7) is 6.29. The van der Waals surface area contributed by atoms with Gasteiger partial charge >= 0.3 is 6.08 Å². The summed E-state index contributed by atoms with van der Waals surface area (Å²) in [4.78, 5) is 18.2. The Kier molecular flexibility index (Phi) is 4.18. The van der Waals surface area contributed by atoms with Crippen LogP contribution in [0.1, 0.15) is 27.2 Å². The number of benzene rings is 1. The van der Waals surface area contributed by atoms with Crippen molar-refractivity contribution in [3.63, 3.8) is 0 Å². The Morgan fingerprint density at radius 2 is 2.12 bits per heavy atom. The van der Waals surface area contributed by atoms with E-state index in [1.54, 1.807) is 11.9 Å². The fourth-order valence-electron chi connectivity index (χ4n) is 2.99. The molecule has 0 saturated heterocycles. The minimum absolute atomic E-state index is 0.0455. The highest BCUT2D eigenvalue weighted by atomic mass is 16.6. The van der Waals surface area contributed by atoms with Crippen LogP contribution in [0.15, 0.2) is 52.1 Å². The van der Waals surface area contributed by atoms with E-state index < -0.39 is 0 Å². The average Bonchev–Trinajstić information content (AvgIpc) is 2.92. The molecular weight excluding hydrogens is 304 g/mol. The second kappa shape index (κ2) is 6.15. The zero-order valence-corrected chi connectivity index (χ0v) is 14.5. The first-order chi connectivity index (χ1) is 11.3. The van der Waals surface area contributed by atoms with Crippen LogP contribution in [0.3, 0.4) is 0 Å². The van der Waals surface area contributed by atoms with Crippen molar-refractivity contribution in [3.8, 4) is 6.08 Å². The van der Waals surface area contributed by atoms with Crippen LogP contribution in [0.2, 0.25) is 0 Å². The van der Waals surface area contributed by atoms with Gasteiger partial charge < -0.3 is 14.1 Å². The minimum Gasteiger partial charge on any atom is -0.440 e. The third-order valence-electron chi connectivity index (χ3n) is 4.02. The van der Waals surface area contributed by atoms with Crippen molar-refractivity contribution < 1.29 is 13.9 Å². The first kappa shape index (κ1) is 16.3. The third-order valence-corrected chi connectivity index (χ3v) is 4.02. The van der Waals surface area contributed by atoms with Gasteiger partial charge in [0.2, 0.25) is 0 Å². The summed E-state index contributed by atoms with van der Waals surface area (Å²) in [5.41, 5.74) is 3.56. The topological polar surface area (TPSA) is 55.6 Å². The average molecular weight is 326 g/mol. The van der Waals surface area contributed by atoms with Crippen LogP contribution in [-0.2, 0) is 4.79 Å². The number of hydrogen-bond acceptors (Lipinski definition) is 4. The molecule has 5 nitrogen and oxygen atoms in total. The maximum atomic E-state index is 12.4. The zero-order valence-electron chi connectivity index (χ0n) is 14.5. The van der Waals surface area contributed by atoms with Gasteiger partial charge in [-0.15, -0.1) is 0 Å². The summed E-state index contributed by atoms with van der Waals surface area (Å²) < 4.78 is 10.9. The molecule has 2 aromatic rings. The van der Waals surface area contributed by atoms with Gasteiger partial charge in [0.25, 0.3) is 5.91 Å². The number of oxazole rings is 1. The molecular formula is C19H22N2O3. The smallest absolute Gasteiger partial charge is 0.395 e. The van der Waals surface area contributed by atoms with E-state index >= 15 is 0 Å². The van der Waals surface area contributed by atoms with Crippen molar-refractivity contribution in [2.45, 2.75) is 27.2 Å². The highest BCUT2D eigenvalue weighted by molar-refractivity contribution is 5.80. The molecule has 126 valence electrons. The number of amides is 1. The van der Waals surface area contributed by atoms with Crippen molar-refractivity contribution in [3.05, 3.63) is 47.7 Å². The summed E-state index contributed by atoms with van der Waals surface area (Å²) in [5, 5.41) is 0. The monoisotopic (exact) mass is 326 g/mol. The predicted octanol–water partition coefficient (Wildman–Crippen LogP) is 3.93. The van der Waals surface area contributed by atoms with Crippen LogP contribution in [0, 0.1) is 5.41 Å². The normalized spacial score (nSPS) is 16.5. The van der Waals surface area contributed by atoms with Crippen molar-refractivity contribution in [1.82, 2.24) is 9.88 Å². The molecule has 1 aliphatic rings. The molecule has 0 fully saturated rings. The number of carbonyl (C=O) groups excluding carboxylic acids is 1. The maximum Gasteiger partial charge on any atom is 0.395 e. The van der Waals surface area contributed by atoms with Crippen molar-refractivity contribution in [2.75, 3.05) is 13.7 Å². The van der Waals surface area contributed by atoms with Gasteiger partial charge in [0, 0.05) is 12.7 Å². The van der Waals surface area contributed by atoms with Gasteiger partial charge in [-0.25, -0.2) is 0 Å². The number of rotatable bonds is 4. The molecule has 3 rings (SSSR count). The molecule has 0 spiro atoms. The lowest BCUT2D eigenvalue weighted by Crippen LogP contribution is -2.32. The van der Waals surface area contributed by atoms with Gasteiger partial charge in [0.15, 0.2) is 12.2 Å². The highest BCUT2D eigenvalue weighted by Gasteiger charge is 2.24. The van der Waals surface area contributed by atoms with Crippen LogP contribution in [0.4, 0.5) is 0 Å². The lowest BCUT2D eigenvalue weighted by molar-refractivity contribution is -0.130. The van der Waals surface area contributed by atoms with Crippen LogP contribution < -0.4 is 4.74 Å². The van der Waals surface area contributed by atoms with E-state index in [1.165, 1.54) is 5.57 Å².